The Balaban J connectivity index is 2.20. The van der Waals surface area contributed by atoms with Crippen LogP contribution < -0.4 is 4.72 Å². The van der Waals surface area contributed by atoms with Gasteiger partial charge in [-0.25, -0.2) is 18.1 Å². The van der Waals surface area contributed by atoms with Gasteiger partial charge in [-0.3, -0.25) is 0 Å². The van der Waals surface area contributed by atoms with E-state index in [1.807, 2.05) is 6.92 Å². The Hall–Kier alpha value is -1.66. The van der Waals surface area contributed by atoms with Gasteiger partial charge in [-0.1, -0.05) is 17.7 Å². The van der Waals surface area contributed by atoms with E-state index in [4.69, 9.17) is 0 Å². The highest BCUT2D eigenvalue weighted by molar-refractivity contribution is 7.89. The summed E-state index contributed by atoms with van der Waals surface area (Å²) in [7, 11) is -3.51. The van der Waals surface area contributed by atoms with Gasteiger partial charge in [-0.05, 0) is 26.0 Å². The maximum atomic E-state index is 12.1. The molecule has 0 fully saturated rings. The number of aromatic amines is 1. The zero-order valence-corrected chi connectivity index (χ0v) is 11.0. The third-order valence-electron chi connectivity index (χ3n) is 2.59. The van der Waals surface area contributed by atoms with Crippen LogP contribution in [-0.4, -0.2) is 18.4 Å². The number of hydrogen-bond acceptors (Lipinski definition) is 3. The molecule has 2 aromatic rings. The Bertz CT molecular complexity index is 603. The number of nitrogens with zero attached hydrogens (tertiary/aromatic N) is 1. The Kier molecular flexibility index (Phi) is 3.49. The lowest BCUT2D eigenvalue weighted by molar-refractivity contribution is 0.561. The maximum Gasteiger partial charge on any atom is 0.241 e. The summed E-state index contributed by atoms with van der Waals surface area (Å²) in [5.41, 5.74) is 1.02. The van der Waals surface area contributed by atoms with Crippen molar-refractivity contribution >= 4 is 10.0 Å². The highest BCUT2D eigenvalue weighted by Gasteiger charge is 2.19. The third-order valence-corrected chi connectivity index (χ3v) is 4.15. The van der Waals surface area contributed by atoms with Gasteiger partial charge in [0.1, 0.15) is 5.82 Å². The van der Waals surface area contributed by atoms with Crippen LogP contribution in [0.1, 0.15) is 24.4 Å². The number of aryl methyl sites for hydroxylation is 1. The van der Waals surface area contributed by atoms with E-state index in [1.165, 1.54) is 0 Å². The molecule has 0 aliphatic heterocycles. The summed E-state index contributed by atoms with van der Waals surface area (Å²) in [5.74, 6) is 0.589. The van der Waals surface area contributed by atoms with Crippen molar-refractivity contribution in [3.05, 3.63) is 48.0 Å². The molecular formula is C12H15N3O2S. The van der Waals surface area contributed by atoms with Gasteiger partial charge in [-0.15, -0.1) is 0 Å². The molecule has 18 heavy (non-hydrogen) atoms. The quantitative estimate of drug-likeness (QED) is 0.884. The zero-order chi connectivity index (χ0) is 13.2. The molecule has 6 heteroatoms. The zero-order valence-electron chi connectivity index (χ0n) is 10.2. The standard InChI is InChI=1S/C12H15N3O2S/c1-9-3-5-11(6-4-9)18(16,17)15-10(2)12-13-7-8-14-12/h3-8,10,15H,1-2H3,(H,13,14). The van der Waals surface area contributed by atoms with Crippen LogP contribution in [0.3, 0.4) is 0 Å². The van der Waals surface area contributed by atoms with Crippen LogP contribution in [0.5, 0.6) is 0 Å². The average Bonchev–Trinajstić information content (AvgIpc) is 2.82. The van der Waals surface area contributed by atoms with Gasteiger partial charge in [0, 0.05) is 12.4 Å². The van der Waals surface area contributed by atoms with Crippen LogP contribution in [0.25, 0.3) is 0 Å². The molecular weight excluding hydrogens is 250 g/mol. The van der Waals surface area contributed by atoms with E-state index in [9.17, 15) is 8.42 Å². The first kappa shape index (κ1) is 12.8. The Morgan fingerprint density at radius 2 is 1.94 bits per heavy atom. The number of nitrogens with one attached hydrogen (secondary N) is 2. The molecule has 1 aromatic carbocycles. The van der Waals surface area contributed by atoms with Crippen molar-refractivity contribution in [2.45, 2.75) is 24.8 Å². The lowest BCUT2D eigenvalue weighted by Crippen LogP contribution is -2.27. The second kappa shape index (κ2) is 4.91. The van der Waals surface area contributed by atoms with Crippen molar-refractivity contribution in [2.75, 3.05) is 0 Å². The van der Waals surface area contributed by atoms with E-state index < -0.39 is 16.1 Å². The van der Waals surface area contributed by atoms with Gasteiger partial charge in [0.25, 0.3) is 0 Å². The van der Waals surface area contributed by atoms with Crippen molar-refractivity contribution in [3.8, 4) is 0 Å². The number of aromatic nitrogens is 2. The second-order valence-corrected chi connectivity index (χ2v) is 5.84. The Morgan fingerprint density at radius 1 is 1.28 bits per heavy atom. The number of H-pyrrole nitrogens is 1. The molecule has 0 amide bonds. The van der Waals surface area contributed by atoms with Crippen LogP contribution in [0.2, 0.25) is 0 Å². The summed E-state index contributed by atoms with van der Waals surface area (Å²) in [4.78, 5) is 7.16. The SMILES string of the molecule is Cc1ccc(S(=O)(=O)NC(C)c2ncc[nH]2)cc1. The molecule has 0 saturated carbocycles. The fourth-order valence-electron chi connectivity index (χ4n) is 1.59. The molecule has 2 rings (SSSR count). The van der Waals surface area contributed by atoms with Crippen LogP contribution in [0.15, 0.2) is 41.6 Å². The van der Waals surface area contributed by atoms with E-state index in [-0.39, 0.29) is 4.90 Å². The number of sulfonamides is 1. The number of benzene rings is 1. The average molecular weight is 265 g/mol. The molecule has 1 aromatic heterocycles. The smallest absolute Gasteiger partial charge is 0.241 e. The first-order chi connectivity index (χ1) is 8.49. The summed E-state index contributed by atoms with van der Waals surface area (Å²) in [6.45, 7) is 3.65. The van der Waals surface area contributed by atoms with E-state index in [0.717, 1.165) is 5.56 Å². The lowest BCUT2D eigenvalue weighted by atomic mass is 10.2. The first-order valence-corrected chi connectivity index (χ1v) is 7.05. The molecule has 0 aliphatic rings. The van der Waals surface area contributed by atoms with Crippen LogP contribution in [0.4, 0.5) is 0 Å². The van der Waals surface area contributed by atoms with Gasteiger partial charge in [0.05, 0.1) is 10.9 Å². The highest BCUT2D eigenvalue weighted by atomic mass is 32.2. The Labute approximate surface area is 106 Å². The van der Waals surface area contributed by atoms with Gasteiger partial charge in [0.15, 0.2) is 0 Å². The van der Waals surface area contributed by atoms with Gasteiger partial charge < -0.3 is 4.98 Å². The van der Waals surface area contributed by atoms with Gasteiger partial charge >= 0.3 is 0 Å². The van der Waals surface area contributed by atoms with Gasteiger partial charge in [0.2, 0.25) is 10.0 Å². The van der Waals surface area contributed by atoms with E-state index in [0.29, 0.717) is 5.82 Å². The number of hydrogen-bond donors (Lipinski definition) is 2. The van der Waals surface area contributed by atoms with E-state index in [1.54, 1.807) is 43.6 Å². The molecule has 0 bridgehead atoms. The molecule has 2 N–H and O–H groups in total. The molecule has 1 atom stereocenters. The second-order valence-electron chi connectivity index (χ2n) is 4.13. The number of imidazole rings is 1. The van der Waals surface area contributed by atoms with Crippen molar-refractivity contribution in [1.82, 2.24) is 14.7 Å². The largest absolute Gasteiger partial charge is 0.347 e. The maximum absolute atomic E-state index is 12.1. The predicted molar refractivity (Wildman–Crippen MR) is 68.5 cm³/mol. The van der Waals surface area contributed by atoms with E-state index in [2.05, 4.69) is 14.7 Å². The fourth-order valence-corrected chi connectivity index (χ4v) is 2.80. The molecule has 1 unspecified atom stereocenters. The molecule has 0 saturated heterocycles. The Morgan fingerprint density at radius 3 is 2.50 bits per heavy atom. The van der Waals surface area contributed by atoms with Crippen LogP contribution in [0, 0.1) is 6.92 Å². The molecule has 5 nitrogen and oxygen atoms in total. The lowest BCUT2D eigenvalue weighted by Gasteiger charge is -2.12. The van der Waals surface area contributed by atoms with Crippen molar-refractivity contribution in [1.29, 1.82) is 0 Å². The number of rotatable bonds is 4. The fraction of sp³-hybridized carbons (Fsp3) is 0.250. The topological polar surface area (TPSA) is 74.8 Å². The molecule has 0 radical (unpaired) electrons. The van der Waals surface area contributed by atoms with Gasteiger partial charge in [-0.2, -0.15) is 0 Å². The predicted octanol–water partition coefficient (Wildman–Crippen LogP) is 1.76. The summed E-state index contributed by atoms with van der Waals surface area (Å²) < 4.78 is 26.8. The minimum absolute atomic E-state index is 0.256. The van der Waals surface area contributed by atoms with E-state index >= 15 is 0 Å². The molecule has 0 aliphatic carbocycles. The van der Waals surface area contributed by atoms with Crippen molar-refractivity contribution in [3.63, 3.8) is 0 Å². The summed E-state index contributed by atoms with van der Waals surface area (Å²) in [5, 5.41) is 0. The first-order valence-electron chi connectivity index (χ1n) is 5.57. The minimum Gasteiger partial charge on any atom is -0.347 e. The van der Waals surface area contributed by atoms with Crippen LogP contribution >= 0.6 is 0 Å². The minimum atomic E-state index is -3.51. The highest BCUT2D eigenvalue weighted by Crippen LogP contribution is 2.14. The summed E-state index contributed by atoms with van der Waals surface area (Å²) >= 11 is 0. The third kappa shape index (κ3) is 2.77. The van der Waals surface area contributed by atoms with Crippen LogP contribution in [-0.2, 0) is 10.0 Å². The molecule has 96 valence electrons. The molecule has 1 heterocycles. The summed E-state index contributed by atoms with van der Waals surface area (Å²) in [6, 6.07) is 6.32. The normalized spacial score (nSPS) is 13.4. The van der Waals surface area contributed by atoms with Crippen molar-refractivity contribution in [2.24, 2.45) is 0 Å². The molecule has 0 spiro atoms. The van der Waals surface area contributed by atoms with Crippen molar-refractivity contribution < 1.29 is 8.42 Å². The monoisotopic (exact) mass is 265 g/mol. The summed E-state index contributed by atoms with van der Waals surface area (Å²) in [6.07, 6.45) is 3.25.